The quantitative estimate of drug-likeness (QED) is 0.881. The molecule has 0 aliphatic heterocycles. The highest BCUT2D eigenvalue weighted by molar-refractivity contribution is 7.10. The molecule has 2 rings (SSSR count). The van der Waals surface area contributed by atoms with Gasteiger partial charge in [-0.05, 0) is 29.1 Å². The van der Waals surface area contributed by atoms with E-state index in [9.17, 15) is 5.11 Å². The van der Waals surface area contributed by atoms with Crippen LogP contribution < -0.4 is 4.90 Å². The third kappa shape index (κ3) is 2.26. The first-order valence-electron chi connectivity index (χ1n) is 5.17. The van der Waals surface area contributed by atoms with Gasteiger partial charge in [-0.1, -0.05) is 18.2 Å². The van der Waals surface area contributed by atoms with E-state index in [1.54, 1.807) is 11.3 Å². The molecule has 2 nitrogen and oxygen atoms in total. The van der Waals surface area contributed by atoms with E-state index in [0.29, 0.717) is 0 Å². The summed E-state index contributed by atoms with van der Waals surface area (Å²) in [6.07, 6.45) is -0.504. The predicted molar refractivity (Wildman–Crippen MR) is 69.1 cm³/mol. The van der Waals surface area contributed by atoms with E-state index in [1.165, 1.54) is 0 Å². The lowest BCUT2D eigenvalue weighted by atomic mass is 10.1. The summed E-state index contributed by atoms with van der Waals surface area (Å²) in [4.78, 5) is 3.03. The Morgan fingerprint density at radius 2 is 1.81 bits per heavy atom. The largest absolute Gasteiger partial charge is 0.383 e. The molecule has 0 spiro atoms. The Kier molecular flexibility index (Phi) is 3.27. The van der Waals surface area contributed by atoms with Gasteiger partial charge in [-0.2, -0.15) is 0 Å². The van der Waals surface area contributed by atoms with E-state index in [4.69, 9.17) is 0 Å². The summed E-state index contributed by atoms with van der Waals surface area (Å²) in [5, 5.41) is 12.1. The van der Waals surface area contributed by atoms with Gasteiger partial charge >= 0.3 is 0 Å². The molecule has 0 bridgehead atoms. The van der Waals surface area contributed by atoms with Crippen molar-refractivity contribution < 1.29 is 5.11 Å². The summed E-state index contributed by atoms with van der Waals surface area (Å²) in [6, 6.07) is 11.9. The predicted octanol–water partition coefficient (Wildman–Crippen LogP) is 2.90. The van der Waals surface area contributed by atoms with Crippen LogP contribution in [0.15, 0.2) is 41.8 Å². The van der Waals surface area contributed by atoms with E-state index in [1.807, 2.05) is 60.8 Å². The monoisotopic (exact) mass is 233 g/mol. The van der Waals surface area contributed by atoms with Crippen LogP contribution in [-0.2, 0) is 0 Å². The zero-order valence-corrected chi connectivity index (χ0v) is 10.2. The molecule has 1 atom stereocenters. The molecule has 3 heteroatoms. The Balaban J connectivity index is 2.22. The summed E-state index contributed by atoms with van der Waals surface area (Å²) in [5.41, 5.74) is 2.08. The minimum absolute atomic E-state index is 0.504. The second kappa shape index (κ2) is 4.68. The number of rotatable bonds is 3. The van der Waals surface area contributed by atoms with Gasteiger partial charge in [0, 0.05) is 24.7 Å². The number of thiophene rings is 1. The zero-order valence-electron chi connectivity index (χ0n) is 9.42. The van der Waals surface area contributed by atoms with Crippen molar-refractivity contribution >= 4 is 17.0 Å². The van der Waals surface area contributed by atoms with Gasteiger partial charge in [0.1, 0.15) is 6.10 Å². The minimum atomic E-state index is -0.504. The van der Waals surface area contributed by atoms with Crippen LogP contribution in [0.25, 0.3) is 0 Å². The van der Waals surface area contributed by atoms with Crippen molar-refractivity contribution in [3.8, 4) is 0 Å². The molecule has 1 N–H and O–H groups in total. The molecule has 0 saturated heterocycles. The second-order valence-corrected chi connectivity index (χ2v) is 4.88. The first-order valence-corrected chi connectivity index (χ1v) is 6.05. The second-order valence-electron chi connectivity index (χ2n) is 3.90. The summed E-state index contributed by atoms with van der Waals surface area (Å²) >= 11 is 1.58. The molecule has 0 amide bonds. The fourth-order valence-corrected chi connectivity index (χ4v) is 2.30. The molecule has 0 aliphatic rings. The van der Waals surface area contributed by atoms with Crippen LogP contribution in [0.1, 0.15) is 16.5 Å². The summed E-state index contributed by atoms with van der Waals surface area (Å²) in [7, 11) is 4.01. The lowest BCUT2D eigenvalue weighted by Gasteiger charge is -2.14. The fourth-order valence-electron chi connectivity index (χ4n) is 1.57. The average Bonchev–Trinajstić information content (AvgIpc) is 2.81. The Hall–Kier alpha value is -1.32. The number of anilines is 1. The van der Waals surface area contributed by atoms with Crippen LogP contribution in [0.3, 0.4) is 0 Å². The molecule has 1 aromatic heterocycles. The summed E-state index contributed by atoms with van der Waals surface area (Å²) in [6.45, 7) is 0. The Labute approximate surface area is 99.8 Å². The number of aliphatic hydroxyl groups excluding tert-OH is 1. The summed E-state index contributed by atoms with van der Waals surface area (Å²) in [5.74, 6) is 0. The molecular formula is C13H15NOS. The van der Waals surface area contributed by atoms with Gasteiger partial charge < -0.3 is 10.0 Å². The first-order chi connectivity index (χ1) is 7.68. The van der Waals surface area contributed by atoms with Crippen molar-refractivity contribution in [2.75, 3.05) is 19.0 Å². The average molecular weight is 233 g/mol. The highest BCUT2D eigenvalue weighted by atomic mass is 32.1. The molecule has 1 aromatic carbocycles. The van der Waals surface area contributed by atoms with Gasteiger partial charge in [-0.3, -0.25) is 0 Å². The molecular weight excluding hydrogens is 218 g/mol. The minimum Gasteiger partial charge on any atom is -0.383 e. The molecule has 16 heavy (non-hydrogen) atoms. The molecule has 0 aliphatic carbocycles. The van der Waals surface area contributed by atoms with Gasteiger partial charge in [0.05, 0.1) is 0 Å². The van der Waals surface area contributed by atoms with Crippen LogP contribution in [0.4, 0.5) is 5.69 Å². The molecule has 0 unspecified atom stereocenters. The van der Waals surface area contributed by atoms with Crippen molar-refractivity contribution in [2.24, 2.45) is 0 Å². The van der Waals surface area contributed by atoms with E-state index in [2.05, 4.69) is 0 Å². The van der Waals surface area contributed by atoms with Gasteiger partial charge in [-0.25, -0.2) is 0 Å². The van der Waals surface area contributed by atoms with Gasteiger partial charge in [-0.15, -0.1) is 11.3 Å². The molecule has 0 saturated carbocycles. The fraction of sp³-hybridized carbons (Fsp3) is 0.231. The molecule has 0 radical (unpaired) electrons. The van der Waals surface area contributed by atoms with E-state index >= 15 is 0 Å². The van der Waals surface area contributed by atoms with Crippen LogP contribution in [-0.4, -0.2) is 19.2 Å². The standard InChI is InChI=1S/C13H15NOS/c1-14(2)11-7-5-10(6-8-11)13(15)12-4-3-9-16-12/h3-9,13,15H,1-2H3/t13-/m0/s1. The van der Waals surface area contributed by atoms with Crippen molar-refractivity contribution in [3.63, 3.8) is 0 Å². The van der Waals surface area contributed by atoms with E-state index < -0.39 is 6.10 Å². The Morgan fingerprint density at radius 3 is 2.31 bits per heavy atom. The molecule has 0 fully saturated rings. The normalized spacial score (nSPS) is 12.4. The third-order valence-corrected chi connectivity index (χ3v) is 3.46. The summed E-state index contributed by atoms with van der Waals surface area (Å²) < 4.78 is 0. The van der Waals surface area contributed by atoms with E-state index in [-0.39, 0.29) is 0 Å². The lowest BCUT2D eigenvalue weighted by Crippen LogP contribution is -2.08. The van der Waals surface area contributed by atoms with Crippen molar-refractivity contribution in [1.82, 2.24) is 0 Å². The SMILES string of the molecule is CN(C)c1ccc([C@H](O)c2cccs2)cc1. The zero-order chi connectivity index (χ0) is 11.5. The number of aliphatic hydroxyl groups is 1. The molecule has 2 aromatic rings. The molecule has 84 valence electrons. The maximum Gasteiger partial charge on any atom is 0.113 e. The number of hydrogen-bond acceptors (Lipinski definition) is 3. The van der Waals surface area contributed by atoms with Crippen LogP contribution in [0.2, 0.25) is 0 Å². The van der Waals surface area contributed by atoms with Crippen LogP contribution >= 0.6 is 11.3 Å². The number of nitrogens with zero attached hydrogens (tertiary/aromatic N) is 1. The number of benzene rings is 1. The van der Waals surface area contributed by atoms with Gasteiger partial charge in [0.2, 0.25) is 0 Å². The van der Waals surface area contributed by atoms with Crippen molar-refractivity contribution in [2.45, 2.75) is 6.10 Å². The highest BCUT2D eigenvalue weighted by Crippen LogP contribution is 2.26. The van der Waals surface area contributed by atoms with E-state index in [0.717, 1.165) is 16.1 Å². The topological polar surface area (TPSA) is 23.5 Å². The Bertz CT molecular complexity index is 433. The van der Waals surface area contributed by atoms with Crippen LogP contribution in [0.5, 0.6) is 0 Å². The smallest absolute Gasteiger partial charge is 0.113 e. The third-order valence-electron chi connectivity index (χ3n) is 2.54. The Morgan fingerprint density at radius 1 is 1.12 bits per heavy atom. The van der Waals surface area contributed by atoms with Gasteiger partial charge in [0.15, 0.2) is 0 Å². The highest BCUT2D eigenvalue weighted by Gasteiger charge is 2.10. The maximum absolute atomic E-state index is 10.1. The van der Waals surface area contributed by atoms with Crippen LogP contribution in [0, 0.1) is 0 Å². The van der Waals surface area contributed by atoms with Crippen molar-refractivity contribution in [1.29, 1.82) is 0 Å². The lowest BCUT2D eigenvalue weighted by molar-refractivity contribution is 0.224. The first kappa shape index (κ1) is 11.2. The van der Waals surface area contributed by atoms with Gasteiger partial charge in [0.25, 0.3) is 0 Å². The molecule has 1 heterocycles. The number of hydrogen-bond donors (Lipinski definition) is 1. The van der Waals surface area contributed by atoms with Crippen molar-refractivity contribution in [3.05, 3.63) is 52.2 Å². The maximum atomic E-state index is 10.1.